The number of ether oxygens (including phenoxy) is 1. The molecule has 0 aliphatic carbocycles. The van der Waals surface area contributed by atoms with Crippen LogP contribution in [0.3, 0.4) is 0 Å². The van der Waals surface area contributed by atoms with Crippen LogP contribution in [-0.2, 0) is 4.79 Å². The molecule has 27 heavy (non-hydrogen) atoms. The van der Waals surface area contributed by atoms with Gasteiger partial charge in [0.2, 0.25) is 5.78 Å². The van der Waals surface area contributed by atoms with Crippen LogP contribution >= 0.6 is 0 Å². The highest BCUT2D eigenvalue weighted by Crippen LogP contribution is 2.22. The lowest BCUT2D eigenvalue weighted by Crippen LogP contribution is -2.20. The Hall–Kier alpha value is -3.74. The third kappa shape index (κ3) is 3.92. The first-order chi connectivity index (χ1) is 13.2. The van der Waals surface area contributed by atoms with Gasteiger partial charge in [0.1, 0.15) is 11.6 Å². The minimum absolute atomic E-state index is 0.172. The van der Waals surface area contributed by atoms with Gasteiger partial charge < -0.3 is 10.1 Å². The Kier molecular flexibility index (Phi) is 4.49. The molecular formula is C20H15FN4O2. The molecule has 0 unspecified atom stereocenters. The van der Waals surface area contributed by atoms with Crippen molar-refractivity contribution in [1.82, 2.24) is 14.4 Å². The van der Waals surface area contributed by atoms with Gasteiger partial charge in [-0.3, -0.25) is 9.20 Å². The normalized spacial score (nSPS) is 10.7. The molecule has 0 radical (unpaired) electrons. The van der Waals surface area contributed by atoms with E-state index in [1.165, 1.54) is 24.3 Å². The quantitative estimate of drug-likeness (QED) is 0.589. The number of carbonyl (C=O) groups is 1. The van der Waals surface area contributed by atoms with E-state index in [-0.39, 0.29) is 18.3 Å². The zero-order valence-electron chi connectivity index (χ0n) is 14.2. The zero-order valence-corrected chi connectivity index (χ0v) is 14.2. The first kappa shape index (κ1) is 16.7. The molecule has 2 aromatic carbocycles. The Labute approximate surface area is 154 Å². The molecule has 0 saturated heterocycles. The molecule has 0 fully saturated rings. The van der Waals surface area contributed by atoms with Crippen LogP contribution in [0.1, 0.15) is 0 Å². The largest absolute Gasteiger partial charge is 0.484 e. The average Bonchev–Trinajstić information content (AvgIpc) is 3.12. The SMILES string of the molecule is O=C(COc1ccc(F)cc1)Nc1cccc(-c2cn3cccnc3n2)c1. The number of aromatic nitrogens is 3. The third-order valence-corrected chi connectivity index (χ3v) is 3.86. The van der Waals surface area contributed by atoms with Crippen LogP contribution in [0.5, 0.6) is 5.75 Å². The van der Waals surface area contributed by atoms with Crippen molar-refractivity contribution >= 4 is 17.4 Å². The monoisotopic (exact) mass is 362 g/mol. The summed E-state index contributed by atoms with van der Waals surface area (Å²) in [7, 11) is 0. The van der Waals surface area contributed by atoms with Gasteiger partial charge in [-0.2, -0.15) is 0 Å². The molecule has 4 aromatic rings. The van der Waals surface area contributed by atoms with E-state index in [1.807, 2.05) is 41.1 Å². The van der Waals surface area contributed by atoms with E-state index in [9.17, 15) is 9.18 Å². The minimum atomic E-state index is -0.356. The molecule has 0 bridgehead atoms. The molecule has 7 heteroatoms. The molecular weight excluding hydrogens is 347 g/mol. The van der Waals surface area contributed by atoms with Gasteiger partial charge in [-0.05, 0) is 42.5 Å². The van der Waals surface area contributed by atoms with Crippen molar-refractivity contribution in [2.24, 2.45) is 0 Å². The lowest BCUT2D eigenvalue weighted by atomic mass is 10.1. The summed E-state index contributed by atoms with van der Waals surface area (Å²) in [5.74, 6) is 0.367. The summed E-state index contributed by atoms with van der Waals surface area (Å²) >= 11 is 0. The number of benzene rings is 2. The first-order valence-electron chi connectivity index (χ1n) is 8.26. The smallest absolute Gasteiger partial charge is 0.262 e. The number of rotatable bonds is 5. The predicted octanol–water partition coefficient (Wildman–Crippen LogP) is 3.55. The molecule has 0 aliphatic rings. The Morgan fingerprint density at radius 2 is 2.00 bits per heavy atom. The predicted molar refractivity (Wildman–Crippen MR) is 98.9 cm³/mol. The maximum absolute atomic E-state index is 12.9. The van der Waals surface area contributed by atoms with Gasteiger partial charge >= 0.3 is 0 Å². The highest BCUT2D eigenvalue weighted by Gasteiger charge is 2.08. The number of fused-ring (bicyclic) bond motifs is 1. The van der Waals surface area contributed by atoms with E-state index < -0.39 is 0 Å². The van der Waals surface area contributed by atoms with E-state index in [4.69, 9.17) is 4.74 Å². The molecule has 0 atom stereocenters. The average molecular weight is 362 g/mol. The van der Waals surface area contributed by atoms with Gasteiger partial charge in [0.25, 0.3) is 5.91 Å². The van der Waals surface area contributed by atoms with Gasteiger partial charge in [0.15, 0.2) is 6.61 Å². The van der Waals surface area contributed by atoms with Crippen molar-refractivity contribution < 1.29 is 13.9 Å². The molecule has 2 aromatic heterocycles. The van der Waals surface area contributed by atoms with Crippen LogP contribution in [0.25, 0.3) is 17.0 Å². The number of nitrogens with one attached hydrogen (secondary N) is 1. The summed E-state index contributed by atoms with van der Waals surface area (Å²) in [5.41, 5.74) is 2.25. The Balaban J connectivity index is 1.44. The lowest BCUT2D eigenvalue weighted by molar-refractivity contribution is -0.118. The van der Waals surface area contributed by atoms with Gasteiger partial charge in [0.05, 0.1) is 5.69 Å². The van der Waals surface area contributed by atoms with Crippen molar-refractivity contribution in [3.05, 3.63) is 79.0 Å². The van der Waals surface area contributed by atoms with E-state index in [1.54, 1.807) is 12.3 Å². The van der Waals surface area contributed by atoms with Crippen molar-refractivity contribution in [2.75, 3.05) is 11.9 Å². The molecule has 0 aliphatic heterocycles. The molecule has 6 nitrogen and oxygen atoms in total. The third-order valence-electron chi connectivity index (χ3n) is 3.86. The summed E-state index contributed by atoms with van der Waals surface area (Å²) in [6.45, 7) is -0.172. The van der Waals surface area contributed by atoms with E-state index in [2.05, 4.69) is 15.3 Å². The number of carbonyl (C=O) groups excluding carboxylic acids is 1. The molecule has 2 heterocycles. The fraction of sp³-hybridized carbons (Fsp3) is 0.0500. The number of nitrogens with zero attached hydrogens (tertiary/aromatic N) is 3. The maximum atomic E-state index is 12.9. The minimum Gasteiger partial charge on any atom is -0.484 e. The van der Waals surface area contributed by atoms with Gasteiger partial charge in [0, 0.05) is 29.8 Å². The van der Waals surface area contributed by atoms with Crippen LogP contribution in [-0.4, -0.2) is 26.9 Å². The second-order valence-electron chi connectivity index (χ2n) is 5.82. The van der Waals surface area contributed by atoms with Crippen LogP contribution in [0.2, 0.25) is 0 Å². The molecule has 4 rings (SSSR count). The first-order valence-corrected chi connectivity index (χ1v) is 8.26. The number of hydrogen-bond acceptors (Lipinski definition) is 4. The van der Waals surface area contributed by atoms with Crippen LogP contribution < -0.4 is 10.1 Å². The summed E-state index contributed by atoms with van der Waals surface area (Å²) in [5, 5.41) is 2.78. The van der Waals surface area contributed by atoms with Crippen molar-refractivity contribution in [3.8, 4) is 17.0 Å². The number of amides is 1. The van der Waals surface area contributed by atoms with Crippen LogP contribution in [0.4, 0.5) is 10.1 Å². The number of imidazole rings is 1. The van der Waals surface area contributed by atoms with Gasteiger partial charge in [-0.25, -0.2) is 14.4 Å². The van der Waals surface area contributed by atoms with E-state index >= 15 is 0 Å². The van der Waals surface area contributed by atoms with E-state index in [0.29, 0.717) is 17.2 Å². The lowest BCUT2D eigenvalue weighted by Gasteiger charge is -2.08. The number of anilines is 1. The van der Waals surface area contributed by atoms with Crippen LogP contribution in [0.15, 0.2) is 73.2 Å². The Bertz CT molecular complexity index is 1060. The van der Waals surface area contributed by atoms with Crippen molar-refractivity contribution in [3.63, 3.8) is 0 Å². The van der Waals surface area contributed by atoms with Crippen molar-refractivity contribution in [1.29, 1.82) is 0 Å². The van der Waals surface area contributed by atoms with Crippen LogP contribution in [0, 0.1) is 5.82 Å². The highest BCUT2D eigenvalue weighted by molar-refractivity contribution is 5.92. The fourth-order valence-electron chi connectivity index (χ4n) is 2.60. The Morgan fingerprint density at radius 1 is 1.15 bits per heavy atom. The Morgan fingerprint density at radius 3 is 2.81 bits per heavy atom. The van der Waals surface area contributed by atoms with E-state index in [0.717, 1.165) is 11.3 Å². The molecule has 0 saturated carbocycles. The standard InChI is InChI=1S/C20H15FN4O2/c21-15-5-7-17(8-6-15)27-13-19(26)23-16-4-1-3-14(11-16)18-12-25-10-2-9-22-20(25)24-18/h1-12H,13H2,(H,23,26). The summed E-state index contributed by atoms with van der Waals surface area (Å²) < 4.78 is 20.1. The van der Waals surface area contributed by atoms with Gasteiger partial charge in [-0.1, -0.05) is 12.1 Å². The topological polar surface area (TPSA) is 68.5 Å². The number of halogens is 1. The van der Waals surface area contributed by atoms with Gasteiger partial charge in [-0.15, -0.1) is 0 Å². The number of hydrogen-bond donors (Lipinski definition) is 1. The van der Waals surface area contributed by atoms with Crippen molar-refractivity contribution in [2.45, 2.75) is 0 Å². The molecule has 0 spiro atoms. The fourth-order valence-corrected chi connectivity index (χ4v) is 2.60. The second kappa shape index (κ2) is 7.25. The molecule has 134 valence electrons. The second-order valence-corrected chi connectivity index (χ2v) is 5.82. The highest BCUT2D eigenvalue weighted by atomic mass is 19.1. The maximum Gasteiger partial charge on any atom is 0.262 e. The molecule has 1 amide bonds. The summed E-state index contributed by atoms with van der Waals surface area (Å²) in [6.07, 6.45) is 5.43. The summed E-state index contributed by atoms with van der Waals surface area (Å²) in [6, 6.07) is 14.7. The molecule has 1 N–H and O–H groups in total. The summed E-state index contributed by atoms with van der Waals surface area (Å²) in [4.78, 5) is 20.8. The zero-order chi connectivity index (χ0) is 18.6.